The van der Waals surface area contributed by atoms with Gasteiger partial charge in [-0.15, -0.1) is 0 Å². The van der Waals surface area contributed by atoms with Gasteiger partial charge in [0.25, 0.3) is 0 Å². The first-order valence-electron chi connectivity index (χ1n) is 5.53. The van der Waals surface area contributed by atoms with E-state index in [1.54, 1.807) is 6.07 Å². The summed E-state index contributed by atoms with van der Waals surface area (Å²) >= 11 is 0. The summed E-state index contributed by atoms with van der Waals surface area (Å²) in [6.07, 6.45) is 4.10. The lowest BCUT2D eigenvalue weighted by Crippen LogP contribution is -2.08. The second-order valence-electron chi connectivity index (χ2n) is 3.50. The van der Waals surface area contributed by atoms with E-state index in [0.717, 1.165) is 6.42 Å². The number of carbonyl (C=O) groups is 1. The summed E-state index contributed by atoms with van der Waals surface area (Å²) in [7, 11) is 0. The van der Waals surface area contributed by atoms with Gasteiger partial charge < -0.3 is 10.5 Å². The van der Waals surface area contributed by atoms with Gasteiger partial charge >= 0.3 is 5.97 Å². The minimum absolute atomic E-state index is 0.201. The number of carbonyl (C=O) groups excluding carboxylic acids is 1. The molecule has 2 N–H and O–H groups in total. The normalized spacial score (nSPS) is 11.0. The molecule has 3 heteroatoms. The Balaban J connectivity index is 3.02. The topological polar surface area (TPSA) is 52.3 Å². The van der Waals surface area contributed by atoms with Gasteiger partial charge in [0.2, 0.25) is 0 Å². The highest BCUT2D eigenvalue weighted by atomic mass is 16.5. The number of ether oxygens (including phenoxy) is 1. The van der Waals surface area contributed by atoms with Gasteiger partial charge in [-0.3, -0.25) is 0 Å². The van der Waals surface area contributed by atoms with Gasteiger partial charge in [-0.2, -0.15) is 0 Å². The molecule has 1 aromatic carbocycles. The molecule has 0 aromatic heterocycles. The summed E-state index contributed by atoms with van der Waals surface area (Å²) in [5, 5.41) is 0. The van der Waals surface area contributed by atoms with E-state index in [4.69, 9.17) is 10.5 Å². The zero-order chi connectivity index (χ0) is 12.7. The Labute approximate surface area is 102 Å². The molecule has 0 amide bonds. The molecule has 0 aliphatic heterocycles. The predicted octanol–water partition coefficient (Wildman–Crippen LogP) is 2.79. The second kappa shape index (κ2) is 6.53. The van der Waals surface area contributed by atoms with Gasteiger partial charge in [0.15, 0.2) is 0 Å². The molecular weight excluding hydrogens is 214 g/mol. The first-order chi connectivity index (χ1) is 8.20. The van der Waals surface area contributed by atoms with E-state index in [1.807, 2.05) is 31.2 Å². The van der Waals surface area contributed by atoms with E-state index in [0.29, 0.717) is 16.8 Å². The Hall–Kier alpha value is -2.03. The minimum atomic E-state index is -0.371. The SMILES string of the molecule is C=CCOC(=O)C(=CCC)c1ccccc1N. The van der Waals surface area contributed by atoms with Gasteiger partial charge in [-0.1, -0.05) is 43.9 Å². The molecule has 0 radical (unpaired) electrons. The van der Waals surface area contributed by atoms with Gasteiger partial charge in [-0.25, -0.2) is 4.79 Å². The van der Waals surface area contributed by atoms with Crippen LogP contribution in [0.5, 0.6) is 0 Å². The first-order valence-corrected chi connectivity index (χ1v) is 5.53. The summed E-state index contributed by atoms with van der Waals surface area (Å²) in [6, 6.07) is 7.25. The lowest BCUT2D eigenvalue weighted by atomic mass is 10.0. The summed E-state index contributed by atoms with van der Waals surface area (Å²) < 4.78 is 5.03. The van der Waals surface area contributed by atoms with Crippen LogP contribution >= 0.6 is 0 Å². The highest BCUT2D eigenvalue weighted by Gasteiger charge is 2.14. The standard InChI is InChI=1S/C14H17NO2/c1-3-7-12(14(16)17-10-4-2)11-8-5-6-9-13(11)15/h4-9H,2-3,10,15H2,1H3. The molecule has 1 rings (SSSR count). The van der Waals surface area contributed by atoms with E-state index in [1.165, 1.54) is 6.08 Å². The monoisotopic (exact) mass is 231 g/mol. The molecule has 0 saturated heterocycles. The Morgan fingerprint density at radius 1 is 1.47 bits per heavy atom. The van der Waals surface area contributed by atoms with Crippen LogP contribution in [0.2, 0.25) is 0 Å². The Morgan fingerprint density at radius 2 is 2.18 bits per heavy atom. The van der Waals surface area contributed by atoms with Crippen molar-refractivity contribution in [3.8, 4) is 0 Å². The lowest BCUT2D eigenvalue weighted by Gasteiger charge is -2.09. The molecule has 0 heterocycles. The average Bonchev–Trinajstić information content (AvgIpc) is 2.34. The van der Waals surface area contributed by atoms with Crippen LogP contribution in [-0.4, -0.2) is 12.6 Å². The van der Waals surface area contributed by atoms with Crippen molar-refractivity contribution < 1.29 is 9.53 Å². The smallest absolute Gasteiger partial charge is 0.338 e. The number of para-hydroxylation sites is 1. The van der Waals surface area contributed by atoms with Gasteiger partial charge in [0.1, 0.15) is 6.61 Å². The fourth-order valence-corrected chi connectivity index (χ4v) is 1.46. The highest BCUT2D eigenvalue weighted by molar-refractivity contribution is 6.17. The summed E-state index contributed by atoms with van der Waals surface area (Å²) in [4.78, 5) is 11.9. The Morgan fingerprint density at radius 3 is 2.76 bits per heavy atom. The zero-order valence-electron chi connectivity index (χ0n) is 9.98. The van der Waals surface area contributed by atoms with Crippen molar-refractivity contribution in [2.75, 3.05) is 12.3 Å². The van der Waals surface area contributed by atoms with E-state index >= 15 is 0 Å². The third kappa shape index (κ3) is 3.48. The van der Waals surface area contributed by atoms with Crippen molar-refractivity contribution in [3.05, 3.63) is 48.6 Å². The van der Waals surface area contributed by atoms with Crippen molar-refractivity contribution in [2.45, 2.75) is 13.3 Å². The number of anilines is 1. The molecule has 17 heavy (non-hydrogen) atoms. The van der Waals surface area contributed by atoms with Crippen LogP contribution in [0.25, 0.3) is 5.57 Å². The van der Waals surface area contributed by atoms with Crippen LogP contribution in [0.1, 0.15) is 18.9 Å². The number of allylic oxidation sites excluding steroid dienone is 1. The lowest BCUT2D eigenvalue weighted by molar-refractivity contribution is -0.135. The minimum Gasteiger partial charge on any atom is -0.458 e. The molecule has 0 spiro atoms. The molecular formula is C14H17NO2. The number of rotatable bonds is 5. The average molecular weight is 231 g/mol. The summed E-state index contributed by atoms with van der Waals surface area (Å²) in [5.41, 5.74) is 7.64. The van der Waals surface area contributed by atoms with Crippen molar-refractivity contribution in [2.24, 2.45) is 0 Å². The van der Waals surface area contributed by atoms with Crippen LogP contribution in [0.3, 0.4) is 0 Å². The number of nitrogen functional groups attached to an aromatic ring is 1. The molecule has 0 aliphatic rings. The number of hydrogen-bond acceptors (Lipinski definition) is 3. The molecule has 90 valence electrons. The fraction of sp³-hybridized carbons (Fsp3) is 0.214. The van der Waals surface area contributed by atoms with E-state index in [-0.39, 0.29) is 12.6 Å². The van der Waals surface area contributed by atoms with Crippen LogP contribution in [0.15, 0.2) is 43.0 Å². The molecule has 0 fully saturated rings. The van der Waals surface area contributed by atoms with Crippen LogP contribution in [0.4, 0.5) is 5.69 Å². The third-order valence-electron chi connectivity index (χ3n) is 2.21. The molecule has 3 nitrogen and oxygen atoms in total. The maximum absolute atomic E-state index is 11.9. The maximum Gasteiger partial charge on any atom is 0.338 e. The number of nitrogens with two attached hydrogens (primary N) is 1. The van der Waals surface area contributed by atoms with Crippen molar-refractivity contribution in [3.63, 3.8) is 0 Å². The van der Waals surface area contributed by atoms with Crippen LogP contribution in [-0.2, 0) is 9.53 Å². The maximum atomic E-state index is 11.9. The number of benzene rings is 1. The quantitative estimate of drug-likeness (QED) is 0.367. The van der Waals surface area contributed by atoms with E-state index in [2.05, 4.69) is 6.58 Å². The Kier molecular flexibility index (Phi) is 5.01. The van der Waals surface area contributed by atoms with Gasteiger partial charge in [0.05, 0.1) is 5.57 Å². The number of hydrogen-bond donors (Lipinski definition) is 1. The Bertz CT molecular complexity index is 436. The predicted molar refractivity (Wildman–Crippen MR) is 70.3 cm³/mol. The van der Waals surface area contributed by atoms with Crippen LogP contribution < -0.4 is 5.73 Å². The molecule has 0 atom stereocenters. The van der Waals surface area contributed by atoms with Crippen molar-refractivity contribution in [1.82, 2.24) is 0 Å². The first kappa shape index (κ1) is 13.0. The van der Waals surface area contributed by atoms with E-state index < -0.39 is 0 Å². The molecule has 0 unspecified atom stereocenters. The molecule has 1 aromatic rings. The number of esters is 1. The molecule has 0 aliphatic carbocycles. The van der Waals surface area contributed by atoms with Crippen molar-refractivity contribution >= 4 is 17.2 Å². The molecule has 0 saturated carbocycles. The van der Waals surface area contributed by atoms with Crippen LogP contribution in [0, 0.1) is 0 Å². The van der Waals surface area contributed by atoms with Crippen molar-refractivity contribution in [1.29, 1.82) is 0 Å². The zero-order valence-corrected chi connectivity index (χ0v) is 9.98. The van der Waals surface area contributed by atoms with Gasteiger partial charge in [-0.05, 0) is 12.5 Å². The second-order valence-corrected chi connectivity index (χ2v) is 3.50. The largest absolute Gasteiger partial charge is 0.458 e. The molecule has 0 bridgehead atoms. The highest BCUT2D eigenvalue weighted by Crippen LogP contribution is 2.22. The summed E-state index contributed by atoms with van der Waals surface area (Å²) in [6.45, 7) is 5.67. The van der Waals surface area contributed by atoms with Gasteiger partial charge in [0, 0.05) is 11.3 Å². The third-order valence-corrected chi connectivity index (χ3v) is 2.21. The fourth-order valence-electron chi connectivity index (χ4n) is 1.46. The van der Waals surface area contributed by atoms with E-state index in [9.17, 15) is 4.79 Å². The summed E-state index contributed by atoms with van der Waals surface area (Å²) in [5.74, 6) is -0.371.